The van der Waals surface area contributed by atoms with Crippen LogP contribution in [0, 0.1) is 6.92 Å². The van der Waals surface area contributed by atoms with E-state index in [0.717, 1.165) is 28.5 Å². The number of carbonyl (C=O) groups is 2. The van der Waals surface area contributed by atoms with Crippen molar-refractivity contribution in [1.82, 2.24) is 0 Å². The first-order valence-electron chi connectivity index (χ1n) is 10.4. The van der Waals surface area contributed by atoms with Gasteiger partial charge in [0.25, 0.3) is 0 Å². The molecule has 3 rings (SSSR count). The lowest BCUT2D eigenvalue weighted by atomic mass is 10.0. The third-order valence-corrected chi connectivity index (χ3v) is 6.63. The zero-order valence-corrected chi connectivity index (χ0v) is 21.1. The van der Waals surface area contributed by atoms with Crippen LogP contribution in [0.3, 0.4) is 0 Å². The number of carbonyl (C=O) groups excluding carboxylic acids is 1. The molecule has 0 fully saturated rings. The van der Waals surface area contributed by atoms with Crippen molar-refractivity contribution in [2.75, 3.05) is 16.1 Å². The Hall–Kier alpha value is -3.17. The number of hydrazine groups is 1. The van der Waals surface area contributed by atoms with Gasteiger partial charge in [0.2, 0.25) is 5.91 Å². The van der Waals surface area contributed by atoms with Gasteiger partial charge in [-0.1, -0.05) is 71.4 Å². The number of rotatable bonds is 9. The Kier molecular flexibility index (Phi) is 9.06. The molecule has 182 valence electrons. The van der Waals surface area contributed by atoms with Crippen molar-refractivity contribution in [1.29, 1.82) is 0 Å². The van der Waals surface area contributed by atoms with Gasteiger partial charge in [-0.05, 0) is 53.4 Å². The summed E-state index contributed by atoms with van der Waals surface area (Å²) in [4.78, 5) is 23.4. The van der Waals surface area contributed by atoms with Crippen LogP contribution < -0.4 is 21.9 Å². The minimum Gasteiger partial charge on any atom is -0.481 e. The van der Waals surface area contributed by atoms with E-state index in [0.29, 0.717) is 32.0 Å². The minimum atomic E-state index is -0.883. The molecule has 0 aliphatic rings. The molecule has 6 N–H and O–H groups in total. The van der Waals surface area contributed by atoms with Gasteiger partial charge in [-0.2, -0.15) is 0 Å². The number of nitrogens with two attached hydrogens (primary N) is 2. The predicted molar refractivity (Wildman–Crippen MR) is 144 cm³/mol. The number of carboxylic acid groups (broad SMARTS) is 1. The van der Waals surface area contributed by atoms with Crippen LogP contribution >= 0.6 is 35.0 Å². The zero-order chi connectivity index (χ0) is 25.5. The number of carboxylic acids is 1. The average molecular weight is 531 g/mol. The van der Waals surface area contributed by atoms with E-state index in [9.17, 15) is 9.59 Å². The van der Waals surface area contributed by atoms with E-state index in [1.807, 2.05) is 31.2 Å². The molecule has 0 aliphatic carbocycles. The second kappa shape index (κ2) is 12.0. The fourth-order valence-corrected chi connectivity index (χ4v) is 4.47. The zero-order valence-electron chi connectivity index (χ0n) is 18.8. The summed E-state index contributed by atoms with van der Waals surface area (Å²) in [6.07, 6.45) is 1.28. The Morgan fingerprint density at radius 3 is 2.31 bits per heavy atom. The van der Waals surface area contributed by atoms with Crippen molar-refractivity contribution in [2.45, 2.75) is 13.3 Å². The molecule has 0 aliphatic heterocycles. The molecule has 0 saturated heterocycles. The first kappa shape index (κ1) is 26.4. The summed E-state index contributed by atoms with van der Waals surface area (Å²) in [5, 5.41) is 14.3. The summed E-state index contributed by atoms with van der Waals surface area (Å²) in [5.74, 6) is 5.04. The molecule has 1 amide bonds. The highest BCUT2D eigenvalue weighted by molar-refractivity contribution is 8.03. The number of halogens is 2. The minimum absolute atomic E-state index is 0.0367. The highest BCUT2D eigenvalue weighted by Crippen LogP contribution is 2.32. The van der Waals surface area contributed by atoms with Crippen molar-refractivity contribution >= 4 is 58.2 Å². The number of hydrogen-bond acceptors (Lipinski definition) is 6. The van der Waals surface area contributed by atoms with Crippen LogP contribution in [-0.4, -0.2) is 22.7 Å². The normalized spacial score (nSPS) is 11.3. The average Bonchev–Trinajstić information content (AvgIpc) is 2.81. The summed E-state index contributed by atoms with van der Waals surface area (Å²) >= 11 is 13.8. The van der Waals surface area contributed by atoms with Crippen LogP contribution in [0.25, 0.3) is 11.1 Å². The lowest BCUT2D eigenvalue weighted by molar-refractivity contribution is -0.136. The summed E-state index contributed by atoms with van der Waals surface area (Å²) < 4.78 is 0. The van der Waals surface area contributed by atoms with Crippen molar-refractivity contribution < 1.29 is 14.7 Å². The maximum absolute atomic E-state index is 12.5. The molecule has 0 heterocycles. The third-order valence-electron chi connectivity index (χ3n) is 4.98. The highest BCUT2D eigenvalue weighted by atomic mass is 35.5. The van der Waals surface area contributed by atoms with Gasteiger partial charge in [-0.25, -0.2) is 5.84 Å². The smallest absolute Gasteiger partial charge is 0.307 e. The van der Waals surface area contributed by atoms with Gasteiger partial charge in [-0.3, -0.25) is 14.6 Å². The van der Waals surface area contributed by atoms with Gasteiger partial charge in [-0.15, -0.1) is 0 Å². The number of thioether (sulfide) groups is 1. The molecule has 0 atom stereocenters. The van der Waals surface area contributed by atoms with Gasteiger partial charge in [0.05, 0.1) is 33.6 Å². The van der Waals surface area contributed by atoms with Gasteiger partial charge in [0, 0.05) is 6.20 Å². The lowest BCUT2D eigenvalue weighted by Gasteiger charge is -2.22. The number of amides is 1. The van der Waals surface area contributed by atoms with Crippen LogP contribution in [-0.2, 0) is 16.0 Å². The van der Waals surface area contributed by atoms with Crippen LogP contribution in [0.2, 0.25) is 10.0 Å². The van der Waals surface area contributed by atoms with Crippen LogP contribution in [0.5, 0.6) is 0 Å². The number of aliphatic carboxylic acids is 1. The Morgan fingerprint density at radius 1 is 1.03 bits per heavy atom. The maximum Gasteiger partial charge on any atom is 0.307 e. The second-order valence-corrected chi connectivity index (χ2v) is 9.44. The molecule has 0 aromatic heterocycles. The number of nitrogens with one attached hydrogen (secondary N) is 1. The summed E-state index contributed by atoms with van der Waals surface area (Å²) in [6, 6.07) is 17.9. The summed E-state index contributed by atoms with van der Waals surface area (Å²) in [6.45, 7) is 1.92. The number of hydrogen-bond donors (Lipinski definition) is 4. The first-order valence-corrected chi connectivity index (χ1v) is 12.2. The standard InChI is InChI=1S/C25H24Cl2N4O3S/c1-15-2-9-22(20(27)10-15)31(29)24(13-28)35-14-23(32)30-21-8-7-18(12-19(21)26)17-5-3-16(4-6-17)11-25(33)34/h2-10,12-13H,11,14,28-29H2,1H3,(H,30,32)(H,33,34)/b24-13+. The Balaban J connectivity index is 1.62. The van der Waals surface area contributed by atoms with Crippen molar-refractivity contribution in [3.63, 3.8) is 0 Å². The quantitative estimate of drug-likeness (QED) is 0.215. The maximum atomic E-state index is 12.5. The van der Waals surface area contributed by atoms with Crippen molar-refractivity contribution in [3.05, 3.63) is 93.1 Å². The van der Waals surface area contributed by atoms with Crippen molar-refractivity contribution in [2.24, 2.45) is 11.6 Å². The van der Waals surface area contributed by atoms with E-state index < -0.39 is 5.97 Å². The molecule has 0 spiro atoms. The van der Waals surface area contributed by atoms with E-state index in [-0.39, 0.29) is 18.1 Å². The Morgan fingerprint density at radius 2 is 1.71 bits per heavy atom. The molecule has 0 bridgehead atoms. The predicted octanol–water partition coefficient (Wildman–Crippen LogP) is 5.41. The molecule has 3 aromatic rings. The SMILES string of the molecule is Cc1ccc(N(N)/C(=C\N)SCC(=O)Nc2ccc(-c3ccc(CC(=O)O)cc3)cc2Cl)c(Cl)c1. The third kappa shape index (κ3) is 7.16. The molecule has 3 aromatic carbocycles. The highest BCUT2D eigenvalue weighted by Gasteiger charge is 2.15. The van der Waals surface area contributed by atoms with Gasteiger partial charge < -0.3 is 16.2 Å². The van der Waals surface area contributed by atoms with Gasteiger partial charge in [0.1, 0.15) is 5.03 Å². The first-order chi connectivity index (χ1) is 16.7. The summed E-state index contributed by atoms with van der Waals surface area (Å²) in [5.41, 5.74) is 10.2. The Bertz CT molecular complexity index is 1270. The van der Waals surface area contributed by atoms with E-state index in [4.69, 9.17) is 39.9 Å². The molecular formula is C25H24Cl2N4O3S. The molecule has 0 radical (unpaired) electrons. The number of nitrogens with zero attached hydrogens (tertiary/aromatic N) is 1. The fraction of sp³-hybridized carbons (Fsp3) is 0.120. The van der Waals surface area contributed by atoms with Crippen molar-refractivity contribution in [3.8, 4) is 11.1 Å². The van der Waals surface area contributed by atoms with E-state index >= 15 is 0 Å². The Labute approximate surface area is 217 Å². The summed E-state index contributed by atoms with van der Waals surface area (Å²) in [7, 11) is 0. The lowest BCUT2D eigenvalue weighted by Crippen LogP contribution is -2.30. The van der Waals surface area contributed by atoms with Gasteiger partial charge in [0.15, 0.2) is 0 Å². The van der Waals surface area contributed by atoms with E-state index in [1.54, 1.807) is 36.4 Å². The second-order valence-electron chi connectivity index (χ2n) is 7.63. The van der Waals surface area contributed by atoms with Crippen LogP contribution in [0.1, 0.15) is 11.1 Å². The van der Waals surface area contributed by atoms with Gasteiger partial charge >= 0.3 is 5.97 Å². The number of benzene rings is 3. The van der Waals surface area contributed by atoms with Crippen LogP contribution in [0.4, 0.5) is 11.4 Å². The van der Waals surface area contributed by atoms with E-state index in [1.165, 1.54) is 11.2 Å². The molecule has 35 heavy (non-hydrogen) atoms. The topological polar surface area (TPSA) is 122 Å². The monoisotopic (exact) mass is 530 g/mol. The molecule has 7 nitrogen and oxygen atoms in total. The fourth-order valence-electron chi connectivity index (χ4n) is 3.24. The molecule has 0 unspecified atom stereocenters. The number of aryl methyl sites for hydroxylation is 1. The largest absolute Gasteiger partial charge is 0.481 e. The van der Waals surface area contributed by atoms with E-state index in [2.05, 4.69) is 5.32 Å². The van der Waals surface area contributed by atoms with Crippen LogP contribution in [0.15, 0.2) is 71.9 Å². The number of anilines is 2. The molecule has 0 saturated carbocycles. The molecule has 10 heteroatoms. The molecular weight excluding hydrogens is 507 g/mol.